The standard InChI is InChI=1S/C21H29Cl3N2O5Si/c1-19(2,3)32(6,7)28-10-12-16-18(31-20(4,5)30-16)21(27,29-12)17-15(24)11(22)8-14-25-13(23)9-26(14)17/h8-9,12,16,18,27H,10H2,1-7H3/t12-,16-,18-,21+/m1/s1. The molecule has 2 saturated heterocycles. The summed E-state index contributed by atoms with van der Waals surface area (Å²) in [6.45, 7) is 14.6. The van der Waals surface area contributed by atoms with Crippen LogP contribution in [0, 0.1) is 0 Å². The molecular weight excluding hydrogens is 495 g/mol. The lowest BCUT2D eigenvalue weighted by Crippen LogP contribution is -2.44. The van der Waals surface area contributed by atoms with Crippen molar-refractivity contribution in [2.24, 2.45) is 0 Å². The molecule has 0 spiro atoms. The van der Waals surface area contributed by atoms with Crippen molar-refractivity contribution in [3.63, 3.8) is 0 Å². The lowest BCUT2D eigenvalue weighted by molar-refractivity contribution is -0.285. The molecule has 7 nitrogen and oxygen atoms in total. The molecule has 2 fully saturated rings. The third-order valence-corrected chi connectivity index (χ3v) is 12.0. The highest BCUT2D eigenvalue weighted by atomic mass is 35.5. The van der Waals surface area contributed by atoms with E-state index < -0.39 is 38.2 Å². The van der Waals surface area contributed by atoms with Gasteiger partial charge in [-0.3, -0.25) is 4.40 Å². The molecule has 4 rings (SSSR count). The van der Waals surface area contributed by atoms with Crippen LogP contribution >= 0.6 is 34.8 Å². The largest absolute Gasteiger partial charge is 0.414 e. The van der Waals surface area contributed by atoms with E-state index in [1.54, 1.807) is 30.5 Å². The van der Waals surface area contributed by atoms with E-state index in [0.717, 1.165) is 0 Å². The first-order valence-electron chi connectivity index (χ1n) is 10.5. The Hall–Kier alpha value is -0.423. The van der Waals surface area contributed by atoms with Gasteiger partial charge in [0.2, 0.25) is 5.79 Å². The number of aromatic nitrogens is 2. The molecule has 4 atom stereocenters. The molecule has 0 aromatic carbocycles. The average Bonchev–Trinajstić information content (AvgIpc) is 3.23. The molecule has 32 heavy (non-hydrogen) atoms. The van der Waals surface area contributed by atoms with Crippen LogP contribution in [0.1, 0.15) is 40.3 Å². The van der Waals surface area contributed by atoms with Crippen LogP contribution in [0.5, 0.6) is 0 Å². The van der Waals surface area contributed by atoms with E-state index in [4.69, 9.17) is 53.4 Å². The van der Waals surface area contributed by atoms with Gasteiger partial charge in [0.05, 0.1) is 16.7 Å². The smallest absolute Gasteiger partial charge is 0.240 e. The van der Waals surface area contributed by atoms with Crippen LogP contribution in [-0.2, 0) is 24.4 Å². The lowest BCUT2D eigenvalue weighted by Gasteiger charge is -2.37. The number of halogens is 3. The van der Waals surface area contributed by atoms with Gasteiger partial charge in [0, 0.05) is 12.3 Å². The second kappa shape index (κ2) is 7.80. The maximum Gasteiger partial charge on any atom is 0.240 e. The predicted molar refractivity (Wildman–Crippen MR) is 126 cm³/mol. The lowest BCUT2D eigenvalue weighted by atomic mass is 10.0. The molecule has 178 valence electrons. The first-order valence-corrected chi connectivity index (χ1v) is 14.5. The fraction of sp³-hybridized carbons (Fsp3) is 0.667. The number of aliphatic hydroxyl groups is 1. The molecule has 1 N–H and O–H groups in total. The predicted octanol–water partition coefficient (Wildman–Crippen LogP) is 5.38. The average molecular weight is 524 g/mol. The Morgan fingerprint density at radius 2 is 1.84 bits per heavy atom. The summed E-state index contributed by atoms with van der Waals surface area (Å²) >= 11 is 19.1. The number of rotatable bonds is 4. The zero-order chi connectivity index (χ0) is 23.9. The molecule has 4 heterocycles. The maximum absolute atomic E-state index is 11.9. The van der Waals surface area contributed by atoms with Gasteiger partial charge in [0.15, 0.2) is 14.1 Å². The summed E-state index contributed by atoms with van der Waals surface area (Å²) in [4.78, 5) is 4.23. The molecule has 2 aromatic rings. The molecule has 2 aliphatic rings. The van der Waals surface area contributed by atoms with E-state index >= 15 is 0 Å². The fourth-order valence-corrected chi connectivity index (χ4v) is 5.59. The third-order valence-electron chi connectivity index (χ3n) is 6.58. The van der Waals surface area contributed by atoms with Crippen molar-refractivity contribution in [2.75, 3.05) is 6.61 Å². The zero-order valence-corrected chi connectivity index (χ0v) is 22.5. The Kier molecular flexibility index (Phi) is 6.02. The number of hydrogen-bond donors (Lipinski definition) is 1. The molecule has 2 aliphatic heterocycles. The topological polar surface area (TPSA) is 74.5 Å². The Morgan fingerprint density at radius 1 is 1.19 bits per heavy atom. The molecule has 0 saturated carbocycles. The highest BCUT2D eigenvalue weighted by Gasteiger charge is 2.65. The quantitative estimate of drug-likeness (QED) is 0.542. The summed E-state index contributed by atoms with van der Waals surface area (Å²) in [6.07, 6.45) is -0.495. The highest BCUT2D eigenvalue weighted by molar-refractivity contribution is 6.74. The van der Waals surface area contributed by atoms with Crippen LogP contribution in [0.2, 0.25) is 33.3 Å². The van der Waals surface area contributed by atoms with Crippen molar-refractivity contribution in [1.82, 2.24) is 9.38 Å². The summed E-state index contributed by atoms with van der Waals surface area (Å²) in [5, 5.41) is 12.5. The highest BCUT2D eigenvalue weighted by Crippen LogP contribution is 2.50. The van der Waals surface area contributed by atoms with Crippen LogP contribution in [0.3, 0.4) is 0 Å². The van der Waals surface area contributed by atoms with Crippen molar-refractivity contribution >= 4 is 48.8 Å². The summed E-state index contributed by atoms with van der Waals surface area (Å²) < 4.78 is 26.4. The second-order valence-corrected chi connectivity index (χ2v) is 16.4. The second-order valence-electron chi connectivity index (χ2n) is 10.4. The SMILES string of the molecule is CC1(C)O[C@H]2[C@@H](O1)[C@](O)(c1c(Cl)c(Cl)cc3nc(Cl)cn13)O[C@@H]2CO[Si](C)(C)C(C)(C)C. The number of ether oxygens (including phenoxy) is 3. The van der Waals surface area contributed by atoms with Gasteiger partial charge >= 0.3 is 0 Å². The van der Waals surface area contributed by atoms with Crippen molar-refractivity contribution in [1.29, 1.82) is 0 Å². The molecule has 0 radical (unpaired) electrons. The monoisotopic (exact) mass is 522 g/mol. The minimum atomic E-state index is -2.08. The minimum absolute atomic E-state index is 0.0175. The van der Waals surface area contributed by atoms with Crippen molar-refractivity contribution in [3.8, 4) is 0 Å². The normalized spacial score (nSPS) is 30.3. The molecular formula is C21H29Cl3N2O5Si. The first kappa shape index (κ1) is 24.7. The molecule has 0 unspecified atom stereocenters. The number of fused-ring (bicyclic) bond motifs is 2. The maximum atomic E-state index is 11.9. The molecule has 0 amide bonds. The van der Waals surface area contributed by atoms with Crippen molar-refractivity contribution in [3.05, 3.63) is 33.2 Å². The van der Waals surface area contributed by atoms with Gasteiger partial charge in [-0.25, -0.2) is 4.98 Å². The fourth-order valence-electron chi connectivity index (χ4n) is 3.93. The Labute approximate surface area is 204 Å². The molecule has 2 aromatic heterocycles. The summed E-state index contributed by atoms with van der Waals surface area (Å²) in [5.41, 5.74) is 0.610. The van der Waals surface area contributed by atoms with Gasteiger partial charge in [-0.15, -0.1) is 0 Å². The van der Waals surface area contributed by atoms with Crippen molar-refractivity contribution in [2.45, 2.75) is 82.6 Å². The van der Waals surface area contributed by atoms with Gasteiger partial charge in [0.1, 0.15) is 34.8 Å². The van der Waals surface area contributed by atoms with Gasteiger partial charge in [-0.05, 0) is 32.0 Å². The number of hydrogen-bond acceptors (Lipinski definition) is 6. The Balaban J connectivity index is 1.77. The van der Waals surface area contributed by atoms with Crippen molar-refractivity contribution < 1.29 is 23.7 Å². The van der Waals surface area contributed by atoms with Crippen LogP contribution in [0.15, 0.2) is 12.3 Å². The number of pyridine rings is 1. The molecule has 0 bridgehead atoms. The number of nitrogens with zero attached hydrogens (tertiary/aromatic N) is 2. The summed E-state index contributed by atoms with van der Waals surface area (Å²) in [5.74, 6) is -2.90. The summed E-state index contributed by atoms with van der Waals surface area (Å²) in [6, 6.07) is 1.57. The van der Waals surface area contributed by atoms with E-state index in [2.05, 4.69) is 38.8 Å². The van der Waals surface area contributed by atoms with Crippen LogP contribution in [-0.4, -0.2) is 53.5 Å². The summed E-state index contributed by atoms with van der Waals surface area (Å²) in [7, 11) is -2.08. The van der Waals surface area contributed by atoms with E-state index in [9.17, 15) is 5.11 Å². The Morgan fingerprint density at radius 3 is 2.47 bits per heavy atom. The van der Waals surface area contributed by atoms with Crippen LogP contribution < -0.4 is 0 Å². The van der Waals surface area contributed by atoms with Gasteiger partial charge in [0.25, 0.3) is 0 Å². The first-order chi connectivity index (χ1) is 14.6. The van der Waals surface area contributed by atoms with Crippen LogP contribution in [0.4, 0.5) is 0 Å². The zero-order valence-electron chi connectivity index (χ0n) is 19.2. The van der Waals surface area contributed by atoms with E-state index in [-0.39, 0.29) is 32.5 Å². The third kappa shape index (κ3) is 4.01. The van der Waals surface area contributed by atoms with Gasteiger partial charge < -0.3 is 23.7 Å². The van der Waals surface area contributed by atoms with Gasteiger partial charge in [-0.2, -0.15) is 0 Å². The molecule has 0 aliphatic carbocycles. The van der Waals surface area contributed by atoms with E-state index in [0.29, 0.717) is 5.65 Å². The Bertz CT molecular complexity index is 1050. The number of imidazole rings is 1. The van der Waals surface area contributed by atoms with Crippen LogP contribution in [0.25, 0.3) is 5.65 Å². The van der Waals surface area contributed by atoms with Gasteiger partial charge in [-0.1, -0.05) is 55.6 Å². The minimum Gasteiger partial charge on any atom is -0.414 e. The van der Waals surface area contributed by atoms with E-state index in [1.807, 2.05) is 0 Å². The van der Waals surface area contributed by atoms with E-state index in [1.165, 1.54) is 0 Å². The molecule has 11 heteroatoms.